The van der Waals surface area contributed by atoms with Crippen molar-refractivity contribution in [1.82, 2.24) is 4.31 Å². The average molecular weight is 308 g/mol. The molecule has 1 fully saturated rings. The van der Waals surface area contributed by atoms with Gasteiger partial charge in [0, 0.05) is 12.1 Å². The third-order valence-corrected chi connectivity index (χ3v) is 4.87. The van der Waals surface area contributed by atoms with Crippen molar-refractivity contribution in [1.29, 1.82) is 0 Å². The van der Waals surface area contributed by atoms with Gasteiger partial charge in [0.15, 0.2) is 0 Å². The van der Waals surface area contributed by atoms with Crippen molar-refractivity contribution in [3.05, 3.63) is 29.8 Å². The van der Waals surface area contributed by atoms with Gasteiger partial charge in [0.1, 0.15) is 6.04 Å². The molecule has 1 aromatic carbocycles. The van der Waals surface area contributed by atoms with Crippen LogP contribution in [-0.2, 0) is 15.0 Å². The van der Waals surface area contributed by atoms with Crippen LogP contribution in [0.15, 0.2) is 24.3 Å². The van der Waals surface area contributed by atoms with Gasteiger partial charge in [-0.2, -0.15) is 12.7 Å². The molecule has 0 aliphatic carbocycles. The van der Waals surface area contributed by atoms with Gasteiger partial charge >= 0.3 is 16.2 Å². The smallest absolute Gasteiger partial charge is 0.322 e. The molecule has 1 unspecified atom stereocenters. The lowest BCUT2D eigenvalue weighted by Crippen LogP contribution is -2.49. The van der Waals surface area contributed by atoms with E-state index in [2.05, 4.69) is 10.6 Å². The number of nitrogens with one attached hydrogen (secondary N) is 1. The molecule has 0 aromatic heterocycles. The number of hydrogen-bond donors (Lipinski definition) is 2. The second-order valence-corrected chi connectivity index (χ2v) is 6.42. The first-order valence-electron chi connectivity index (χ1n) is 6.53. The van der Waals surface area contributed by atoms with Crippen LogP contribution < -0.4 is 4.72 Å². The predicted octanol–water partition coefficient (Wildman–Crippen LogP) is 1.26. The lowest BCUT2D eigenvalue weighted by atomic mass is 10.1. The topological polar surface area (TPSA) is 86.7 Å². The summed E-state index contributed by atoms with van der Waals surface area (Å²) in [5.74, 6) is 1.29. The summed E-state index contributed by atoms with van der Waals surface area (Å²) in [6, 6.07) is 5.39. The summed E-state index contributed by atoms with van der Waals surface area (Å²) < 4.78 is 28.1. The minimum absolute atomic E-state index is 0.196. The number of piperidine rings is 1. The fourth-order valence-electron chi connectivity index (χ4n) is 2.32. The van der Waals surface area contributed by atoms with Crippen LogP contribution in [0.1, 0.15) is 24.8 Å². The molecule has 0 bridgehead atoms. The van der Waals surface area contributed by atoms with Gasteiger partial charge in [-0.3, -0.25) is 9.52 Å². The number of carbonyl (C=O) groups is 1. The number of hydrogen-bond acceptors (Lipinski definition) is 3. The van der Waals surface area contributed by atoms with Crippen molar-refractivity contribution < 1.29 is 18.3 Å². The van der Waals surface area contributed by atoms with Gasteiger partial charge in [-0.15, -0.1) is 6.42 Å². The zero-order chi connectivity index (χ0) is 15.5. The van der Waals surface area contributed by atoms with Crippen molar-refractivity contribution in [3.8, 4) is 12.3 Å². The molecule has 1 atom stereocenters. The quantitative estimate of drug-likeness (QED) is 0.820. The highest BCUT2D eigenvalue weighted by molar-refractivity contribution is 7.90. The number of anilines is 1. The standard InChI is InChI=1S/C14H16N2O4S/c1-2-11-6-5-7-12(10-11)15-21(19,20)16-9-4-3-8-13(16)14(17)18/h1,5-7,10,13,15H,3-4,8-9H2,(H,17,18). The van der Waals surface area contributed by atoms with E-state index in [1.165, 1.54) is 6.07 Å². The maximum atomic E-state index is 12.4. The van der Waals surface area contributed by atoms with Crippen LogP contribution in [0.4, 0.5) is 5.69 Å². The Labute approximate surface area is 124 Å². The first kappa shape index (κ1) is 15.4. The van der Waals surface area contributed by atoms with Crippen molar-refractivity contribution in [2.24, 2.45) is 0 Å². The van der Waals surface area contributed by atoms with Crippen LogP contribution in [0.25, 0.3) is 0 Å². The number of terminal acetylenes is 1. The molecule has 1 heterocycles. The van der Waals surface area contributed by atoms with E-state index >= 15 is 0 Å². The monoisotopic (exact) mass is 308 g/mol. The summed E-state index contributed by atoms with van der Waals surface area (Å²) in [6.07, 6.45) is 6.94. The molecule has 0 radical (unpaired) electrons. The van der Waals surface area contributed by atoms with E-state index in [9.17, 15) is 13.2 Å². The second-order valence-electron chi connectivity index (χ2n) is 4.79. The Bertz CT molecular complexity index is 678. The molecule has 0 amide bonds. The van der Waals surface area contributed by atoms with E-state index in [0.717, 1.165) is 4.31 Å². The van der Waals surface area contributed by atoms with Crippen molar-refractivity contribution in [2.45, 2.75) is 25.3 Å². The van der Waals surface area contributed by atoms with E-state index in [-0.39, 0.29) is 6.54 Å². The van der Waals surface area contributed by atoms with Gasteiger partial charge in [-0.1, -0.05) is 12.0 Å². The maximum Gasteiger partial charge on any atom is 0.322 e. The van der Waals surface area contributed by atoms with Crippen molar-refractivity contribution in [3.63, 3.8) is 0 Å². The fourth-order valence-corrected chi connectivity index (χ4v) is 3.76. The molecule has 21 heavy (non-hydrogen) atoms. The Morgan fingerprint density at radius 1 is 1.43 bits per heavy atom. The van der Waals surface area contributed by atoms with Gasteiger partial charge in [0.25, 0.3) is 0 Å². The fraction of sp³-hybridized carbons (Fsp3) is 0.357. The van der Waals surface area contributed by atoms with E-state index in [1.807, 2.05) is 0 Å². The van der Waals surface area contributed by atoms with Crippen LogP contribution in [0, 0.1) is 12.3 Å². The van der Waals surface area contributed by atoms with Gasteiger partial charge in [-0.05, 0) is 37.5 Å². The molecule has 112 valence electrons. The molecule has 6 nitrogen and oxygen atoms in total. The van der Waals surface area contributed by atoms with Crippen LogP contribution in [0.5, 0.6) is 0 Å². The number of rotatable bonds is 4. The van der Waals surface area contributed by atoms with E-state index in [1.54, 1.807) is 18.2 Å². The molecular weight excluding hydrogens is 292 g/mol. The first-order chi connectivity index (χ1) is 9.94. The number of aliphatic carboxylic acids is 1. The van der Waals surface area contributed by atoms with Crippen molar-refractivity contribution >= 4 is 21.9 Å². The Hall–Kier alpha value is -2.04. The third-order valence-electron chi connectivity index (χ3n) is 3.32. The maximum absolute atomic E-state index is 12.4. The lowest BCUT2D eigenvalue weighted by Gasteiger charge is -2.31. The Morgan fingerprint density at radius 2 is 2.19 bits per heavy atom. The van der Waals surface area contributed by atoms with Crippen LogP contribution in [0.2, 0.25) is 0 Å². The highest BCUT2D eigenvalue weighted by Gasteiger charge is 2.36. The number of carboxylic acids is 1. The molecule has 1 saturated heterocycles. The highest BCUT2D eigenvalue weighted by atomic mass is 32.2. The molecule has 1 aromatic rings. The van der Waals surface area contributed by atoms with E-state index in [4.69, 9.17) is 11.5 Å². The SMILES string of the molecule is C#Cc1cccc(NS(=O)(=O)N2CCCCC2C(=O)O)c1. The first-order valence-corrected chi connectivity index (χ1v) is 7.97. The van der Waals surface area contributed by atoms with Gasteiger partial charge in [-0.25, -0.2) is 0 Å². The summed E-state index contributed by atoms with van der Waals surface area (Å²) in [5.41, 5.74) is 0.865. The third kappa shape index (κ3) is 3.54. The molecule has 0 spiro atoms. The molecule has 1 aliphatic rings. The minimum Gasteiger partial charge on any atom is -0.480 e. The van der Waals surface area contributed by atoms with Gasteiger partial charge < -0.3 is 5.11 Å². The summed E-state index contributed by atoms with van der Waals surface area (Å²) in [7, 11) is -3.92. The van der Waals surface area contributed by atoms with Crippen LogP contribution in [0.3, 0.4) is 0 Å². The van der Waals surface area contributed by atoms with Crippen LogP contribution >= 0.6 is 0 Å². The Balaban J connectivity index is 2.24. The number of benzene rings is 1. The molecule has 7 heteroatoms. The van der Waals surface area contributed by atoms with Gasteiger partial charge in [0.05, 0.1) is 5.69 Å². The van der Waals surface area contributed by atoms with E-state index in [0.29, 0.717) is 30.5 Å². The summed E-state index contributed by atoms with van der Waals surface area (Å²) in [6.45, 7) is 0.196. The average Bonchev–Trinajstić information content (AvgIpc) is 2.47. The molecule has 1 aliphatic heterocycles. The Kier molecular flexibility index (Phi) is 4.50. The summed E-state index contributed by atoms with van der Waals surface area (Å²) in [4.78, 5) is 11.2. The second kappa shape index (κ2) is 6.16. The zero-order valence-corrected chi connectivity index (χ0v) is 12.1. The zero-order valence-electron chi connectivity index (χ0n) is 11.3. The minimum atomic E-state index is -3.92. The number of nitrogens with zero attached hydrogens (tertiary/aromatic N) is 1. The van der Waals surface area contributed by atoms with Gasteiger partial charge in [0.2, 0.25) is 0 Å². The molecule has 0 saturated carbocycles. The molecular formula is C14H16N2O4S. The lowest BCUT2D eigenvalue weighted by molar-refractivity contribution is -0.142. The normalized spacial score (nSPS) is 19.7. The van der Waals surface area contributed by atoms with E-state index < -0.39 is 22.2 Å². The summed E-state index contributed by atoms with van der Waals surface area (Å²) in [5, 5.41) is 9.16. The molecule has 2 rings (SSSR count). The molecule has 2 N–H and O–H groups in total. The highest BCUT2D eigenvalue weighted by Crippen LogP contribution is 2.22. The predicted molar refractivity (Wildman–Crippen MR) is 78.9 cm³/mol. The van der Waals surface area contributed by atoms with Crippen LogP contribution in [-0.4, -0.2) is 36.4 Å². The van der Waals surface area contributed by atoms with Crippen molar-refractivity contribution in [2.75, 3.05) is 11.3 Å². The summed E-state index contributed by atoms with van der Waals surface area (Å²) >= 11 is 0. The number of carboxylic acid groups (broad SMARTS) is 1. The largest absolute Gasteiger partial charge is 0.480 e. The Morgan fingerprint density at radius 3 is 2.86 bits per heavy atom.